The normalized spacial score (nSPS) is 11.1. The minimum Gasteiger partial charge on any atom is -0.313 e. The van der Waals surface area contributed by atoms with Crippen molar-refractivity contribution in [1.29, 1.82) is 0 Å². The number of nitrogens with one attached hydrogen (secondary N) is 1. The summed E-state index contributed by atoms with van der Waals surface area (Å²) in [5.74, 6) is 1.43. The van der Waals surface area contributed by atoms with E-state index in [2.05, 4.69) is 63.3 Å². The summed E-state index contributed by atoms with van der Waals surface area (Å²) < 4.78 is 0. The fourth-order valence-corrected chi connectivity index (χ4v) is 2.45. The molecule has 1 nitrogen and oxygen atoms in total. The average molecular weight is 314 g/mol. The van der Waals surface area contributed by atoms with Crippen LogP contribution in [-0.2, 0) is 6.42 Å². The lowest BCUT2D eigenvalue weighted by Gasteiger charge is -2.26. The van der Waals surface area contributed by atoms with Gasteiger partial charge in [-0.25, -0.2) is 0 Å². The van der Waals surface area contributed by atoms with Gasteiger partial charge in [-0.3, -0.25) is 0 Å². The molecule has 1 N–H and O–H groups in total. The van der Waals surface area contributed by atoms with Crippen molar-refractivity contribution in [3.63, 3.8) is 0 Å². The summed E-state index contributed by atoms with van der Waals surface area (Å²) in [4.78, 5) is 0. The Morgan fingerprint density at radius 2 is 1.50 bits per heavy atom. The van der Waals surface area contributed by atoms with Gasteiger partial charge in [0.2, 0.25) is 0 Å². The molecule has 0 aliphatic heterocycles. The molecule has 0 amide bonds. The maximum atomic E-state index is 3.69. The van der Waals surface area contributed by atoms with E-state index < -0.39 is 0 Å². The Balaban J connectivity index is 0.00000289. The summed E-state index contributed by atoms with van der Waals surface area (Å²) in [6.07, 6.45) is 2.40. The molecule has 0 heterocycles. The van der Waals surface area contributed by atoms with Crippen molar-refractivity contribution in [2.75, 3.05) is 6.54 Å². The minimum atomic E-state index is 0. The van der Waals surface area contributed by atoms with Crippen LogP contribution >= 0.6 is 17.0 Å². The molecular weight excluding hydrogens is 286 g/mol. The fourth-order valence-electron chi connectivity index (χ4n) is 2.45. The first-order valence-corrected chi connectivity index (χ1v) is 6.88. The van der Waals surface area contributed by atoms with Gasteiger partial charge in [0, 0.05) is 6.04 Å². The highest BCUT2D eigenvalue weighted by Gasteiger charge is 2.15. The van der Waals surface area contributed by atoms with Crippen LogP contribution < -0.4 is 5.32 Å². The summed E-state index contributed by atoms with van der Waals surface area (Å²) in [7, 11) is 0. The molecule has 0 bridgehead atoms. The van der Waals surface area contributed by atoms with Gasteiger partial charge in [-0.1, -0.05) is 58.0 Å². The predicted molar refractivity (Wildman–Crippen MR) is 86.6 cm³/mol. The second-order valence-corrected chi connectivity index (χ2v) is 5.56. The molecule has 0 unspecified atom stereocenters. The summed E-state index contributed by atoms with van der Waals surface area (Å²) in [5, 5.41) is 3.69. The number of aryl methyl sites for hydroxylation is 1. The molecule has 1 rings (SSSR count). The van der Waals surface area contributed by atoms with Crippen LogP contribution in [0.25, 0.3) is 0 Å². The quantitative estimate of drug-likeness (QED) is 0.732. The van der Waals surface area contributed by atoms with Gasteiger partial charge in [-0.05, 0) is 36.8 Å². The van der Waals surface area contributed by atoms with Crippen molar-refractivity contribution in [1.82, 2.24) is 5.32 Å². The molecule has 0 aliphatic carbocycles. The first-order valence-electron chi connectivity index (χ1n) is 6.88. The number of rotatable bonds is 7. The van der Waals surface area contributed by atoms with Gasteiger partial charge in [0.25, 0.3) is 0 Å². The van der Waals surface area contributed by atoms with Crippen molar-refractivity contribution in [3.05, 3.63) is 35.9 Å². The molecule has 0 spiro atoms. The third kappa shape index (κ3) is 6.55. The van der Waals surface area contributed by atoms with Gasteiger partial charge in [0.15, 0.2) is 0 Å². The summed E-state index contributed by atoms with van der Waals surface area (Å²) in [5.41, 5.74) is 1.44. The van der Waals surface area contributed by atoms with Gasteiger partial charge in [-0.15, -0.1) is 17.0 Å². The Kier molecular flexibility index (Phi) is 9.39. The van der Waals surface area contributed by atoms with E-state index in [0.29, 0.717) is 17.9 Å². The van der Waals surface area contributed by atoms with E-state index in [1.807, 2.05) is 0 Å². The molecule has 18 heavy (non-hydrogen) atoms. The van der Waals surface area contributed by atoms with E-state index >= 15 is 0 Å². The highest BCUT2D eigenvalue weighted by Crippen LogP contribution is 2.12. The van der Waals surface area contributed by atoms with Crippen LogP contribution in [0.1, 0.15) is 39.7 Å². The zero-order chi connectivity index (χ0) is 12.7. The van der Waals surface area contributed by atoms with E-state index in [1.165, 1.54) is 18.4 Å². The monoisotopic (exact) mass is 313 g/mol. The second kappa shape index (κ2) is 9.57. The molecule has 0 aliphatic rings. The van der Waals surface area contributed by atoms with Crippen LogP contribution in [0, 0.1) is 11.8 Å². The van der Waals surface area contributed by atoms with E-state index in [9.17, 15) is 0 Å². The third-order valence-electron chi connectivity index (χ3n) is 3.30. The van der Waals surface area contributed by atoms with Crippen molar-refractivity contribution in [2.45, 2.75) is 46.6 Å². The van der Waals surface area contributed by atoms with Crippen LogP contribution in [0.15, 0.2) is 30.3 Å². The van der Waals surface area contributed by atoms with E-state index in [0.717, 1.165) is 6.54 Å². The first-order chi connectivity index (χ1) is 8.11. The zero-order valence-electron chi connectivity index (χ0n) is 12.1. The van der Waals surface area contributed by atoms with Gasteiger partial charge < -0.3 is 5.32 Å². The van der Waals surface area contributed by atoms with Crippen molar-refractivity contribution in [2.24, 2.45) is 11.8 Å². The molecule has 0 aromatic heterocycles. The Labute approximate surface area is 123 Å². The summed E-state index contributed by atoms with van der Waals surface area (Å²) in [6, 6.07) is 11.4. The van der Waals surface area contributed by atoms with E-state index in [-0.39, 0.29) is 17.0 Å². The average Bonchev–Trinajstić information content (AvgIpc) is 2.29. The summed E-state index contributed by atoms with van der Waals surface area (Å²) in [6.45, 7) is 10.3. The minimum absolute atomic E-state index is 0. The Morgan fingerprint density at radius 3 is 2.00 bits per heavy atom. The predicted octanol–water partition coefficient (Wildman–Crippen LogP) is 4.47. The Bertz CT molecular complexity index is 287. The standard InChI is InChI=1S/C16H27N.BrH/c1-13(2)16(14(3)4)17-12-8-11-15-9-6-5-7-10-15;/h5-7,9-10,13-14,16-17H,8,11-12H2,1-4H3;1H. The molecular formula is C16H28BrN. The number of benzene rings is 1. The molecule has 0 saturated carbocycles. The van der Waals surface area contributed by atoms with Gasteiger partial charge >= 0.3 is 0 Å². The topological polar surface area (TPSA) is 12.0 Å². The SMILES string of the molecule is Br.CC(C)C(NCCCc1ccccc1)C(C)C. The van der Waals surface area contributed by atoms with Crippen molar-refractivity contribution in [3.8, 4) is 0 Å². The largest absolute Gasteiger partial charge is 0.313 e. The van der Waals surface area contributed by atoms with Crippen LogP contribution in [-0.4, -0.2) is 12.6 Å². The lowest BCUT2D eigenvalue weighted by atomic mass is 9.93. The molecule has 0 atom stereocenters. The second-order valence-electron chi connectivity index (χ2n) is 5.56. The van der Waals surface area contributed by atoms with Gasteiger partial charge in [0.1, 0.15) is 0 Å². The molecule has 1 aromatic rings. The molecule has 0 saturated heterocycles. The summed E-state index contributed by atoms with van der Waals surface area (Å²) >= 11 is 0. The highest BCUT2D eigenvalue weighted by molar-refractivity contribution is 8.93. The first kappa shape index (κ1) is 17.7. The molecule has 0 fully saturated rings. The van der Waals surface area contributed by atoms with Crippen LogP contribution in [0.2, 0.25) is 0 Å². The highest BCUT2D eigenvalue weighted by atomic mass is 79.9. The molecule has 104 valence electrons. The van der Waals surface area contributed by atoms with E-state index in [1.54, 1.807) is 0 Å². The molecule has 2 heteroatoms. The maximum Gasteiger partial charge on any atom is 0.0113 e. The van der Waals surface area contributed by atoms with Crippen molar-refractivity contribution >= 4 is 17.0 Å². The maximum absolute atomic E-state index is 3.69. The fraction of sp³-hybridized carbons (Fsp3) is 0.625. The third-order valence-corrected chi connectivity index (χ3v) is 3.30. The molecule has 1 aromatic carbocycles. The Morgan fingerprint density at radius 1 is 0.944 bits per heavy atom. The van der Waals surface area contributed by atoms with Crippen LogP contribution in [0.3, 0.4) is 0 Å². The van der Waals surface area contributed by atoms with Crippen molar-refractivity contribution < 1.29 is 0 Å². The lowest BCUT2D eigenvalue weighted by Crippen LogP contribution is -2.38. The van der Waals surface area contributed by atoms with E-state index in [4.69, 9.17) is 0 Å². The zero-order valence-corrected chi connectivity index (χ0v) is 13.9. The van der Waals surface area contributed by atoms with Crippen LogP contribution in [0.5, 0.6) is 0 Å². The Hall–Kier alpha value is -0.340. The van der Waals surface area contributed by atoms with Crippen LogP contribution in [0.4, 0.5) is 0 Å². The lowest BCUT2D eigenvalue weighted by molar-refractivity contribution is 0.314. The number of hydrogen-bond donors (Lipinski definition) is 1. The smallest absolute Gasteiger partial charge is 0.0113 e. The number of halogens is 1. The number of hydrogen-bond acceptors (Lipinski definition) is 1. The molecule has 0 radical (unpaired) electrons. The van der Waals surface area contributed by atoms with Gasteiger partial charge in [0.05, 0.1) is 0 Å². The van der Waals surface area contributed by atoms with Gasteiger partial charge in [-0.2, -0.15) is 0 Å².